The molecule has 718 valence electrons. The van der Waals surface area contributed by atoms with Gasteiger partial charge in [-0.1, -0.05) is 69.2 Å². The summed E-state index contributed by atoms with van der Waals surface area (Å²) in [5.41, 5.74) is 28.4. The van der Waals surface area contributed by atoms with Crippen LogP contribution in [0.2, 0.25) is 0 Å². The van der Waals surface area contributed by atoms with E-state index in [4.69, 9.17) is 28.7 Å². The summed E-state index contributed by atoms with van der Waals surface area (Å²) in [7, 11) is 0. The van der Waals surface area contributed by atoms with Crippen molar-refractivity contribution >= 4 is 131 Å². The Hall–Kier alpha value is -10.4. The molecule has 0 aromatic heterocycles. The fourth-order valence-electron chi connectivity index (χ4n) is 13.0. The second-order valence-corrected chi connectivity index (χ2v) is 33.8. The first-order chi connectivity index (χ1) is 59.1. The molecule has 0 aromatic carbocycles. The number of hydrogen-bond donors (Lipinski definition) is 25. The van der Waals surface area contributed by atoms with Crippen LogP contribution in [0.15, 0.2) is 0 Å². The number of carboxylic acid groups (broad SMARTS) is 4. The van der Waals surface area contributed by atoms with Crippen LogP contribution < -0.4 is 108 Å². The zero-order chi connectivity index (χ0) is 96.0. The lowest BCUT2D eigenvalue weighted by Gasteiger charge is -2.29. The first-order valence-electron chi connectivity index (χ1n) is 43.2. The molecule has 0 radical (unpaired) electrons. The molecular formula is C81H144N20O24S. The van der Waals surface area contributed by atoms with Crippen molar-refractivity contribution in [2.24, 2.45) is 58.3 Å². The Morgan fingerprint density at radius 1 is 0.246 bits per heavy atom. The number of amides is 16. The molecule has 0 bridgehead atoms. The van der Waals surface area contributed by atoms with Crippen molar-refractivity contribution in [1.29, 1.82) is 0 Å². The monoisotopic (exact) mass is 1810 g/mol. The molecule has 0 fully saturated rings. The predicted molar refractivity (Wildman–Crippen MR) is 465 cm³/mol. The topological polar surface area (TPSA) is 733 Å². The van der Waals surface area contributed by atoms with Crippen LogP contribution >= 0.6 is 12.6 Å². The number of rotatable bonds is 69. The average molecular weight is 1810 g/mol. The van der Waals surface area contributed by atoms with Crippen LogP contribution in [0.3, 0.4) is 0 Å². The summed E-state index contributed by atoms with van der Waals surface area (Å²) in [5, 5.41) is 76.9. The van der Waals surface area contributed by atoms with E-state index in [1.165, 1.54) is 0 Å². The van der Waals surface area contributed by atoms with Gasteiger partial charge in [-0.2, -0.15) is 12.6 Å². The quantitative estimate of drug-likeness (QED) is 0.0208. The Bertz CT molecular complexity index is 3560. The normalized spacial score (nSPS) is 14.6. The number of unbranched alkanes of at least 4 members (excludes halogenated alkanes) is 4. The molecule has 29 N–H and O–H groups in total. The number of carbonyl (C=O) groups excluding carboxylic acids is 16. The highest BCUT2D eigenvalue weighted by Gasteiger charge is 2.40. The lowest BCUT2D eigenvalue weighted by atomic mass is 9.98. The molecule has 45 heteroatoms. The maximum absolute atomic E-state index is 14.8. The molecule has 0 saturated heterocycles. The van der Waals surface area contributed by atoms with Gasteiger partial charge in [-0.05, 0) is 191 Å². The highest BCUT2D eigenvalue weighted by molar-refractivity contribution is 7.80. The summed E-state index contributed by atoms with van der Waals surface area (Å²) in [4.78, 5) is 271. The van der Waals surface area contributed by atoms with E-state index in [1.54, 1.807) is 69.2 Å². The molecule has 0 aromatic rings. The Morgan fingerprint density at radius 3 is 0.571 bits per heavy atom. The van der Waals surface area contributed by atoms with Gasteiger partial charge in [0, 0.05) is 38.4 Å². The Balaban J connectivity index is 7.52. The maximum atomic E-state index is 14.8. The van der Waals surface area contributed by atoms with Crippen LogP contribution in [0.4, 0.5) is 0 Å². The molecule has 44 nitrogen and oxygen atoms in total. The fourth-order valence-corrected chi connectivity index (χ4v) is 13.2. The van der Waals surface area contributed by atoms with Gasteiger partial charge in [0.2, 0.25) is 94.5 Å². The lowest BCUT2D eigenvalue weighted by Crippen LogP contribution is -2.61. The fraction of sp³-hybridized carbons (Fsp3) is 0.753. The van der Waals surface area contributed by atoms with Crippen molar-refractivity contribution < 1.29 is 116 Å². The van der Waals surface area contributed by atoms with E-state index in [9.17, 15) is 116 Å². The van der Waals surface area contributed by atoms with Crippen molar-refractivity contribution in [3.63, 3.8) is 0 Å². The summed E-state index contributed by atoms with van der Waals surface area (Å²) >= 11 is 4.06. The smallest absolute Gasteiger partial charge is 0.303 e. The van der Waals surface area contributed by atoms with Crippen LogP contribution in [0, 0.1) is 29.6 Å². The van der Waals surface area contributed by atoms with Crippen molar-refractivity contribution in [2.75, 3.05) is 38.5 Å². The van der Waals surface area contributed by atoms with Crippen LogP contribution in [0.25, 0.3) is 0 Å². The van der Waals surface area contributed by atoms with Crippen LogP contribution in [0.5, 0.6) is 0 Å². The maximum Gasteiger partial charge on any atom is 0.303 e. The van der Waals surface area contributed by atoms with E-state index < -0.39 is 267 Å². The minimum absolute atomic E-state index is 0.0227. The third-order valence-corrected chi connectivity index (χ3v) is 19.8. The summed E-state index contributed by atoms with van der Waals surface area (Å²) in [5.74, 6) is -22.8. The molecular weight excluding hydrogens is 1670 g/mol. The summed E-state index contributed by atoms with van der Waals surface area (Å²) < 4.78 is 0. The Morgan fingerprint density at radius 2 is 0.413 bits per heavy atom. The molecule has 0 saturated carbocycles. The first-order valence-corrected chi connectivity index (χ1v) is 43.8. The zero-order valence-corrected chi connectivity index (χ0v) is 75.6. The molecule has 0 spiro atoms. The van der Waals surface area contributed by atoms with E-state index in [0.717, 1.165) is 6.92 Å². The zero-order valence-electron chi connectivity index (χ0n) is 74.7. The van der Waals surface area contributed by atoms with Crippen molar-refractivity contribution in [3.05, 3.63) is 0 Å². The van der Waals surface area contributed by atoms with Gasteiger partial charge in [-0.15, -0.1) is 0 Å². The first kappa shape index (κ1) is 116. The number of nitrogens with two attached hydrogens (primary N) is 5. The van der Waals surface area contributed by atoms with Crippen LogP contribution in [-0.4, -0.2) is 262 Å². The molecule has 14 atom stereocenters. The Kier molecular flexibility index (Phi) is 58.3. The molecule has 126 heavy (non-hydrogen) atoms. The molecule has 0 aliphatic rings. The van der Waals surface area contributed by atoms with Gasteiger partial charge in [0.1, 0.15) is 84.6 Å². The SMILES string of the molecule is CC(=O)N[C@@H](CS)C(=O)N[C@@H](CCC(=O)O)C(=O)N[C@@H](CCC(=O)O)C(=O)N[C@@H](CC(C)C)C(=O)N[C@@H](CC(C)C)C(=O)N[C@@H](CCCCN)C(=O)N[C@@H](CCCCN)C(=O)N[C@@H](CC(C)C)C(=O)N[C@@H](CCC(=O)O)C(=O)N[C@@H](CCC(=O)O)C(=O)N[C@@H](CC(C)C)C(=O)N[C@@H](CC(C)C)C(=O)N[C@@H](CCCCN)C(=O)N[C@@H](CCCCN)C(=O)NCC(N)=O. The second-order valence-electron chi connectivity index (χ2n) is 33.4. The molecule has 0 aliphatic carbocycles. The van der Waals surface area contributed by atoms with Crippen LogP contribution in [0.1, 0.15) is 237 Å². The number of aliphatic carboxylic acids is 4. The minimum atomic E-state index is -1.84. The lowest BCUT2D eigenvalue weighted by molar-refractivity contribution is -0.140. The van der Waals surface area contributed by atoms with E-state index in [1.807, 2.05) is 0 Å². The van der Waals surface area contributed by atoms with Gasteiger partial charge >= 0.3 is 23.9 Å². The molecule has 0 unspecified atom stereocenters. The van der Waals surface area contributed by atoms with Crippen molar-refractivity contribution in [3.8, 4) is 0 Å². The van der Waals surface area contributed by atoms with E-state index >= 15 is 0 Å². The van der Waals surface area contributed by atoms with E-state index in [2.05, 4.69) is 92.4 Å². The second kappa shape index (κ2) is 63.5. The minimum Gasteiger partial charge on any atom is -0.481 e. The molecule has 16 amide bonds. The summed E-state index contributed by atoms with van der Waals surface area (Å²) in [6.07, 6.45) is -3.32. The van der Waals surface area contributed by atoms with E-state index in [-0.39, 0.29) is 126 Å². The van der Waals surface area contributed by atoms with Crippen molar-refractivity contribution in [1.82, 2.24) is 79.8 Å². The van der Waals surface area contributed by atoms with Gasteiger partial charge in [0.25, 0.3) is 0 Å². The molecule has 0 rings (SSSR count). The molecule has 0 heterocycles. The van der Waals surface area contributed by atoms with Gasteiger partial charge in [-0.3, -0.25) is 95.9 Å². The van der Waals surface area contributed by atoms with Gasteiger partial charge < -0.3 is 129 Å². The largest absolute Gasteiger partial charge is 0.481 e. The number of nitrogens with one attached hydrogen (secondary N) is 15. The number of hydrogen-bond acceptors (Lipinski definition) is 25. The predicted octanol–water partition coefficient (Wildman–Crippen LogP) is -3.47. The molecule has 0 aliphatic heterocycles. The number of carbonyl (C=O) groups is 20. The third-order valence-electron chi connectivity index (χ3n) is 19.5. The summed E-state index contributed by atoms with van der Waals surface area (Å²) in [6, 6.07) is -21.2. The van der Waals surface area contributed by atoms with Gasteiger partial charge in [-0.25, -0.2) is 0 Å². The van der Waals surface area contributed by atoms with Gasteiger partial charge in [0.15, 0.2) is 0 Å². The van der Waals surface area contributed by atoms with Gasteiger partial charge in [0.05, 0.1) is 6.54 Å². The summed E-state index contributed by atoms with van der Waals surface area (Å²) in [6.45, 7) is 18.4. The highest BCUT2D eigenvalue weighted by Crippen LogP contribution is 2.18. The van der Waals surface area contributed by atoms with Crippen LogP contribution in [-0.2, 0) is 95.9 Å². The third kappa shape index (κ3) is 50.7. The Labute approximate surface area is 741 Å². The number of primary amides is 1. The van der Waals surface area contributed by atoms with E-state index in [0.29, 0.717) is 38.5 Å². The average Bonchev–Trinajstić information content (AvgIpc) is 0.854. The standard InChI is InChI=1S/C81H144N20O24S/c1-43(2)36-57(78(122)95-53(24-28-64(104)105)72(116)93-55(26-30-66(108)109)74(118)98-60(39-46(7)8)79(123)100-58(37-44(3)4)76(120)91-50(21-13-17-33-83)69(113)89-49(20-12-16-32-82)68(112)87-41-63(86)103)97-71(115)52(23-15-19-35-85)90-70(114)51(22-14-18-34-84)92-77(121)59(38-45(5)6)101-80(124)61(40-47(9)10)99-75(119)56(27-31-67(110)111)94-73(117)54(25-29-65(106)107)96-81(125)62(42-126)88-48(11)102/h43-47,49-62,126H,12-42,82-85H2,1-11H3,(H2,86,103)(H,87,112)(H,88,102)(H,89,113)(H,90,114)(H,91,120)(H,92,121)(H,93,116)(H,94,117)(H,95,122)(H,96,125)(H,97,115)(H,98,118)(H,99,119)(H,100,123)(H,101,124)(H,104,105)(H,106,107)(H,108,109)(H,110,111)/t49-,50-,51-,52-,53-,54-,55-,56-,57-,58-,59-,60-,61-,62-/m0/s1. The number of carboxylic acids is 4. The number of thiol groups is 1. The van der Waals surface area contributed by atoms with Crippen molar-refractivity contribution in [2.45, 2.75) is 321 Å². The highest BCUT2D eigenvalue weighted by atomic mass is 32.1.